The molecule has 0 N–H and O–H groups in total. The minimum atomic E-state index is 0.130. The van der Waals surface area contributed by atoms with Gasteiger partial charge in [-0.25, -0.2) is 0 Å². The number of thiophene rings is 1. The zero-order valence-electron chi connectivity index (χ0n) is 15.1. The molecule has 0 fully saturated rings. The van der Waals surface area contributed by atoms with Crippen LogP contribution in [-0.4, -0.2) is 19.4 Å². The first-order chi connectivity index (χ1) is 13.5. The van der Waals surface area contributed by atoms with E-state index in [-0.39, 0.29) is 11.1 Å². The van der Waals surface area contributed by atoms with Gasteiger partial charge in [-0.1, -0.05) is 64.9 Å². The minimum absolute atomic E-state index is 0.130. The minimum Gasteiger partial charge on any atom is -0.489 e. The molecule has 0 radical (unpaired) electrons. The lowest BCUT2D eigenvalue weighted by atomic mass is 10.3. The molecule has 0 aliphatic heterocycles. The third-order valence-corrected chi connectivity index (χ3v) is 5.21. The van der Waals surface area contributed by atoms with Crippen LogP contribution in [0.2, 0.25) is 10.0 Å². The fourth-order valence-corrected chi connectivity index (χ4v) is 3.48. The fraction of sp³-hybridized carbons (Fsp3) is 0.316. The highest BCUT2D eigenvalue weighted by Crippen LogP contribution is 2.37. The van der Waals surface area contributed by atoms with Gasteiger partial charge < -0.3 is 14.3 Å². The normalized spacial score (nSPS) is 10.9. The van der Waals surface area contributed by atoms with Crippen LogP contribution >= 0.6 is 57.7 Å². The number of benzene rings is 1. The molecule has 1 aromatic heterocycles. The maximum Gasteiger partial charge on any atom is 0.157 e. The van der Waals surface area contributed by atoms with Gasteiger partial charge in [-0.15, -0.1) is 11.3 Å². The monoisotopic (exact) mass is 481 g/mol. The van der Waals surface area contributed by atoms with Crippen LogP contribution in [0.5, 0.6) is 11.5 Å². The number of rotatable bonds is 11. The van der Waals surface area contributed by atoms with Gasteiger partial charge >= 0.3 is 0 Å². The van der Waals surface area contributed by atoms with Crippen LogP contribution in [0.15, 0.2) is 40.0 Å². The SMILES string of the molecule is CCCCO/N=C/c1ccc(COc2c(Cl)cc(OCC=C(Cl)Cl)cc2Cl)s1. The molecule has 0 saturated heterocycles. The Morgan fingerprint density at radius 2 is 1.89 bits per heavy atom. The molecule has 0 amide bonds. The van der Waals surface area contributed by atoms with Crippen LogP contribution in [0.4, 0.5) is 0 Å². The first-order valence-electron chi connectivity index (χ1n) is 8.49. The molecule has 1 heterocycles. The number of ether oxygens (including phenoxy) is 2. The lowest BCUT2D eigenvalue weighted by molar-refractivity contribution is 0.143. The smallest absolute Gasteiger partial charge is 0.157 e. The summed E-state index contributed by atoms with van der Waals surface area (Å²) in [5, 5.41) is 4.66. The van der Waals surface area contributed by atoms with Gasteiger partial charge in [0.25, 0.3) is 0 Å². The summed E-state index contributed by atoms with van der Waals surface area (Å²) in [6, 6.07) is 7.16. The summed E-state index contributed by atoms with van der Waals surface area (Å²) in [7, 11) is 0. The Labute approximate surface area is 188 Å². The number of nitrogens with zero attached hydrogens (tertiary/aromatic N) is 1. The molecule has 2 rings (SSSR count). The van der Waals surface area contributed by atoms with Gasteiger partial charge in [0.15, 0.2) is 5.75 Å². The van der Waals surface area contributed by atoms with E-state index in [0.29, 0.717) is 34.8 Å². The van der Waals surface area contributed by atoms with E-state index in [0.717, 1.165) is 22.6 Å². The summed E-state index contributed by atoms with van der Waals surface area (Å²) in [5.74, 6) is 0.888. The molecule has 0 saturated carbocycles. The van der Waals surface area contributed by atoms with Gasteiger partial charge in [0.1, 0.15) is 30.1 Å². The third-order valence-electron chi connectivity index (χ3n) is 3.34. The number of oxime groups is 1. The van der Waals surface area contributed by atoms with Crippen LogP contribution in [0.3, 0.4) is 0 Å². The molecular weight excluding hydrogens is 464 g/mol. The van der Waals surface area contributed by atoms with Crippen molar-refractivity contribution in [3.63, 3.8) is 0 Å². The second-order valence-electron chi connectivity index (χ2n) is 5.53. The van der Waals surface area contributed by atoms with Gasteiger partial charge in [-0.3, -0.25) is 0 Å². The Kier molecular flexibility index (Phi) is 10.3. The van der Waals surface area contributed by atoms with E-state index in [1.165, 1.54) is 6.08 Å². The van der Waals surface area contributed by atoms with Crippen molar-refractivity contribution in [1.82, 2.24) is 0 Å². The number of hydrogen-bond donors (Lipinski definition) is 0. The summed E-state index contributed by atoms with van der Waals surface area (Å²) >= 11 is 25.2. The largest absolute Gasteiger partial charge is 0.489 e. The van der Waals surface area contributed by atoms with Gasteiger partial charge in [0.05, 0.1) is 16.3 Å². The van der Waals surface area contributed by atoms with Crippen LogP contribution < -0.4 is 9.47 Å². The molecule has 0 bridgehead atoms. The average Bonchev–Trinajstić information content (AvgIpc) is 3.08. The highest BCUT2D eigenvalue weighted by molar-refractivity contribution is 7.13. The van der Waals surface area contributed by atoms with Crippen molar-refractivity contribution in [3.8, 4) is 11.5 Å². The van der Waals surface area contributed by atoms with E-state index in [1.54, 1.807) is 29.7 Å². The molecule has 28 heavy (non-hydrogen) atoms. The first kappa shape index (κ1) is 23.2. The highest BCUT2D eigenvalue weighted by Gasteiger charge is 2.11. The molecule has 152 valence electrons. The van der Waals surface area contributed by atoms with E-state index < -0.39 is 0 Å². The Bertz CT molecular complexity index is 796. The van der Waals surface area contributed by atoms with E-state index in [1.807, 2.05) is 12.1 Å². The van der Waals surface area contributed by atoms with Gasteiger partial charge in [-0.05, 0) is 24.6 Å². The van der Waals surface area contributed by atoms with Crippen molar-refractivity contribution in [2.75, 3.05) is 13.2 Å². The second-order valence-corrected chi connectivity index (χ2v) is 8.56. The first-order valence-corrected chi connectivity index (χ1v) is 10.8. The third kappa shape index (κ3) is 8.10. The summed E-state index contributed by atoms with van der Waals surface area (Å²) in [4.78, 5) is 7.16. The lowest BCUT2D eigenvalue weighted by Gasteiger charge is -2.11. The molecule has 0 unspecified atom stereocenters. The predicted molar refractivity (Wildman–Crippen MR) is 119 cm³/mol. The van der Waals surface area contributed by atoms with Gasteiger partial charge in [0, 0.05) is 21.9 Å². The van der Waals surface area contributed by atoms with Gasteiger partial charge in [-0.2, -0.15) is 0 Å². The highest BCUT2D eigenvalue weighted by atomic mass is 35.5. The predicted octanol–water partition coefficient (Wildman–Crippen LogP) is 7.48. The van der Waals surface area contributed by atoms with Crippen LogP contribution in [0, 0.1) is 0 Å². The zero-order chi connectivity index (χ0) is 20.4. The van der Waals surface area contributed by atoms with Gasteiger partial charge in [0.2, 0.25) is 0 Å². The molecular formula is C19H19Cl4NO3S. The quantitative estimate of drug-likeness (QED) is 0.189. The molecule has 0 aliphatic carbocycles. The molecule has 0 atom stereocenters. The van der Waals surface area contributed by atoms with Crippen molar-refractivity contribution in [3.05, 3.63) is 54.6 Å². The van der Waals surface area contributed by atoms with E-state index >= 15 is 0 Å². The van der Waals surface area contributed by atoms with Crippen LogP contribution in [0.1, 0.15) is 29.5 Å². The maximum atomic E-state index is 6.27. The molecule has 4 nitrogen and oxygen atoms in total. The number of halogens is 4. The van der Waals surface area contributed by atoms with E-state index in [2.05, 4.69) is 12.1 Å². The summed E-state index contributed by atoms with van der Waals surface area (Å²) in [5.41, 5.74) is 0. The van der Waals surface area contributed by atoms with Crippen molar-refractivity contribution in [1.29, 1.82) is 0 Å². The number of hydrogen-bond acceptors (Lipinski definition) is 5. The standard InChI is InChI=1S/C19H19Cl4NO3S/c1-2-3-7-27-24-11-14-4-5-15(28-14)12-26-19-16(20)9-13(10-17(19)21)25-8-6-18(22)23/h4-6,9-11H,2-3,7-8,12H2,1H3/b24-11+. The van der Waals surface area contributed by atoms with Crippen LogP contribution in [0.25, 0.3) is 0 Å². The van der Waals surface area contributed by atoms with Crippen molar-refractivity contribution in [2.45, 2.75) is 26.4 Å². The zero-order valence-corrected chi connectivity index (χ0v) is 18.9. The molecule has 9 heteroatoms. The summed E-state index contributed by atoms with van der Waals surface area (Å²) in [6.45, 7) is 3.27. The second kappa shape index (κ2) is 12.5. The van der Waals surface area contributed by atoms with Crippen molar-refractivity contribution in [2.24, 2.45) is 5.16 Å². The maximum absolute atomic E-state index is 6.27. The van der Waals surface area contributed by atoms with E-state index in [9.17, 15) is 0 Å². The Hall–Kier alpha value is -1.11. The lowest BCUT2D eigenvalue weighted by Crippen LogP contribution is -1.97. The molecule has 0 aliphatic rings. The molecule has 2 aromatic rings. The Balaban J connectivity index is 1.91. The Morgan fingerprint density at radius 3 is 2.57 bits per heavy atom. The van der Waals surface area contributed by atoms with Crippen molar-refractivity contribution < 1.29 is 14.3 Å². The summed E-state index contributed by atoms with van der Waals surface area (Å²) < 4.78 is 11.4. The Morgan fingerprint density at radius 1 is 1.14 bits per heavy atom. The average molecular weight is 483 g/mol. The molecule has 0 spiro atoms. The fourth-order valence-electron chi connectivity index (χ4n) is 1.99. The number of unbranched alkanes of at least 4 members (excludes halogenated alkanes) is 1. The topological polar surface area (TPSA) is 40.0 Å². The molecule has 1 aromatic carbocycles. The van der Waals surface area contributed by atoms with Crippen LogP contribution in [-0.2, 0) is 11.4 Å². The van der Waals surface area contributed by atoms with E-state index in [4.69, 9.17) is 60.7 Å². The summed E-state index contributed by atoms with van der Waals surface area (Å²) in [6.07, 6.45) is 5.27. The van der Waals surface area contributed by atoms with Crippen molar-refractivity contribution >= 4 is 64.0 Å².